The Kier molecular flexibility index (Phi) is 39.6. The van der Waals surface area contributed by atoms with Gasteiger partial charge in [0, 0.05) is 24.8 Å². The van der Waals surface area contributed by atoms with E-state index in [0.29, 0.717) is 0 Å². The summed E-state index contributed by atoms with van der Waals surface area (Å²) in [6.45, 7) is 0. The molecule has 0 fully saturated rings. The fourth-order valence-corrected chi connectivity index (χ4v) is 1.40. The van der Waals surface area contributed by atoms with Gasteiger partial charge in [-0.25, -0.2) is 4.79 Å². The molecule has 0 aromatic heterocycles. The number of carboxylic acids is 6. The van der Waals surface area contributed by atoms with E-state index < -0.39 is 72.7 Å². The maximum Gasteiger partial charge on any atom is 1.00 e. The van der Waals surface area contributed by atoms with E-state index in [4.69, 9.17) is 25.5 Å². The fraction of sp³-hybridized carbons (Fsp3) is 0.500. The number of rotatable bonds is 10. The second kappa shape index (κ2) is 24.3. The van der Waals surface area contributed by atoms with E-state index in [-0.39, 0.29) is 191 Å². The maximum absolute atomic E-state index is 10.3. The molecule has 0 amide bonds. The molecule has 158 valence electrons. The van der Waals surface area contributed by atoms with Gasteiger partial charge in [-0.1, -0.05) is 0 Å². The summed E-state index contributed by atoms with van der Waals surface area (Å²) in [4.78, 5) is 60.5. The summed E-state index contributed by atoms with van der Waals surface area (Å²) in [6, 6.07) is 0. The summed E-state index contributed by atoms with van der Waals surface area (Å²) in [7, 11) is 0. The van der Waals surface area contributed by atoms with Crippen LogP contribution in [0.1, 0.15) is 27.1 Å². The molecule has 0 saturated heterocycles. The molecule has 15 nitrogen and oxygen atoms in total. The van der Waals surface area contributed by atoms with Crippen LogP contribution in [0, 0.1) is 0 Å². The predicted molar refractivity (Wildman–Crippen MR) is 71.0 cm³/mol. The first-order valence-corrected chi connectivity index (χ1v) is 6.28. The first-order chi connectivity index (χ1) is 11.6. The van der Waals surface area contributed by atoms with Gasteiger partial charge >= 0.3 is 202 Å². The van der Waals surface area contributed by atoms with Crippen molar-refractivity contribution in [2.24, 2.45) is 0 Å². The number of carboxylic acid groups (broad SMARTS) is 6. The smallest absolute Gasteiger partial charge is 1.00 e. The van der Waals surface area contributed by atoms with E-state index >= 15 is 0 Å². The molecule has 0 radical (unpaired) electrons. The third-order valence-electron chi connectivity index (χ3n) is 2.54. The first kappa shape index (κ1) is 50.5. The Morgan fingerprint density at radius 3 is 1.03 bits per heavy atom. The third kappa shape index (κ3) is 25.5. The van der Waals surface area contributed by atoms with Crippen LogP contribution in [0.2, 0.25) is 0 Å². The molecular formula is C12H16K3NaO15. The van der Waals surface area contributed by atoms with E-state index in [1.807, 2.05) is 0 Å². The molecule has 0 aliphatic heterocycles. The minimum Gasteiger partial charge on any atom is -1.00 e. The van der Waals surface area contributed by atoms with E-state index in [0.717, 1.165) is 0 Å². The molecule has 0 saturated carbocycles. The summed E-state index contributed by atoms with van der Waals surface area (Å²) in [5, 5.41) is 72.7. The summed E-state index contributed by atoms with van der Waals surface area (Å²) >= 11 is 0. The quantitative estimate of drug-likeness (QED) is 0.161. The topological polar surface area (TPSA) is 304 Å². The van der Waals surface area contributed by atoms with Crippen LogP contribution in [0.5, 0.6) is 0 Å². The third-order valence-corrected chi connectivity index (χ3v) is 2.54. The second-order valence-corrected chi connectivity index (χ2v) is 4.89. The van der Waals surface area contributed by atoms with Gasteiger partial charge in [-0.3, -0.25) is 9.59 Å². The van der Waals surface area contributed by atoms with E-state index in [1.165, 1.54) is 0 Å². The molecule has 0 bridgehead atoms. The van der Waals surface area contributed by atoms with E-state index in [2.05, 4.69) is 0 Å². The molecular weight excluding hydrogens is 524 g/mol. The van der Waals surface area contributed by atoms with Gasteiger partial charge in [-0.2, -0.15) is 0 Å². The molecule has 0 atom stereocenters. The number of carbonyl (C=O) groups excluding carboxylic acids is 3. The van der Waals surface area contributed by atoms with Crippen LogP contribution in [0.25, 0.3) is 0 Å². The van der Waals surface area contributed by atoms with Crippen molar-refractivity contribution in [3.8, 4) is 0 Å². The molecule has 0 rings (SSSR count). The molecule has 0 aromatic rings. The molecule has 31 heavy (non-hydrogen) atoms. The molecule has 0 aliphatic rings. The van der Waals surface area contributed by atoms with Crippen molar-refractivity contribution in [2.45, 2.75) is 36.9 Å². The minimum atomic E-state index is -2.97. The van der Waals surface area contributed by atoms with Gasteiger partial charge in [0.15, 0.2) is 5.60 Å². The standard InChI is InChI=1S/2C6H8O7.3K.Na.H2O.H/c2*7-3(8)1-6(13,5(11)12)2-4(9)10;;;;;;/h2*13H,1-2H2,(H,7,8)(H,9,10)(H,11,12);;;;;1H2;/q;;4*+1;;-1/p-3. The monoisotopic (exact) mass is 540 g/mol. The minimum absolute atomic E-state index is 0. The molecule has 0 spiro atoms. The van der Waals surface area contributed by atoms with Crippen molar-refractivity contribution < 1.29 is 260 Å². The Hall–Kier alpha value is 2.61. The molecule has 0 aliphatic carbocycles. The van der Waals surface area contributed by atoms with Gasteiger partial charge < -0.3 is 62.1 Å². The fourth-order valence-electron chi connectivity index (χ4n) is 1.40. The maximum atomic E-state index is 10.3. The van der Waals surface area contributed by atoms with Gasteiger partial charge in [0.2, 0.25) is 0 Å². The molecule has 0 aromatic carbocycles. The first-order valence-electron chi connectivity index (χ1n) is 6.28. The zero-order valence-electron chi connectivity index (χ0n) is 18.2. The average molecular weight is 541 g/mol. The van der Waals surface area contributed by atoms with E-state index in [9.17, 15) is 44.1 Å². The second-order valence-electron chi connectivity index (χ2n) is 4.89. The molecule has 7 N–H and O–H groups in total. The van der Waals surface area contributed by atoms with E-state index in [1.54, 1.807) is 0 Å². The number of aliphatic carboxylic acids is 6. The molecule has 19 heteroatoms. The Balaban J connectivity index is -0.0000000505. The average Bonchev–Trinajstić information content (AvgIpc) is 2.34. The largest absolute Gasteiger partial charge is 1.00 e. The van der Waals surface area contributed by atoms with Crippen LogP contribution >= 0.6 is 0 Å². The van der Waals surface area contributed by atoms with Crippen molar-refractivity contribution in [1.82, 2.24) is 0 Å². The van der Waals surface area contributed by atoms with Gasteiger partial charge in [-0.15, -0.1) is 0 Å². The van der Waals surface area contributed by atoms with Crippen LogP contribution < -0.4 is 199 Å². The summed E-state index contributed by atoms with van der Waals surface area (Å²) in [6.07, 6.45) is -5.00. The Labute approximate surface area is 325 Å². The van der Waals surface area contributed by atoms with Gasteiger partial charge in [-0.05, 0) is 0 Å². The van der Waals surface area contributed by atoms with Crippen molar-refractivity contribution in [3.05, 3.63) is 0 Å². The Bertz CT molecular complexity index is 534. The Morgan fingerprint density at radius 1 is 0.645 bits per heavy atom. The van der Waals surface area contributed by atoms with Crippen molar-refractivity contribution in [3.63, 3.8) is 0 Å². The van der Waals surface area contributed by atoms with Crippen LogP contribution in [-0.4, -0.2) is 78.0 Å². The van der Waals surface area contributed by atoms with Crippen molar-refractivity contribution >= 4 is 35.8 Å². The summed E-state index contributed by atoms with van der Waals surface area (Å²) in [5.74, 6) is -11.0. The molecule has 0 heterocycles. The predicted octanol–water partition coefficient (Wildman–Crippen LogP) is -19.2. The summed E-state index contributed by atoms with van der Waals surface area (Å²) in [5.41, 5.74) is -5.71. The van der Waals surface area contributed by atoms with Crippen LogP contribution in [-0.2, 0) is 28.8 Å². The Morgan fingerprint density at radius 2 is 0.903 bits per heavy atom. The summed E-state index contributed by atoms with van der Waals surface area (Å²) < 4.78 is 0. The van der Waals surface area contributed by atoms with Crippen LogP contribution in [0.3, 0.4) is 0 Å². The van der Waals surface area contributed by atoms with Gasteiger partial charge in [0.25, 0.3) is 0 Å². The zero-order valence-corrected chi connectivity index (χ0v) is 28.6. The normalized spacial score (nSPS) is 9.10. The molecule has 0 unspecified atom stereocenters. The number of hydrogen-bond acceptors (Lipinski definition) is 11. The van der Waals surface area contributed by atoms with Crippen LogP contribution in [0.4, 0.5) is 0 Å². The number of hydrogen-bond donors (Lipinski definition) is 5. The van der Waals surface area contributed by atoms with Crippen LogP contribution in [0.15, 0.2) is 0 Å². The SMILES string of the molecule is O.O=C(O)CC(O)(CC(=O)O)C(=O)O.O=C([O-])CC(O)(CC(=O)[O-])C(=O)[O-].[H-].[K+].[K+].[K+].[Na+]. The van der Waals surface area contributed by atoms with Crippen molar-refractivity contribution in [1.29, 1.82) is 0 Å². The van der Waals surface area contributed by atoms with Gasteiger partial charge in [0.05, 0.1) is 18.8 Å². The number of aliphatic hydroxyl groups is 2. The number of carbonyl (C=O) groups is 6. The van der Waals surface area contributed by atoms with Crippen molar-refractivity contribution in [2.75, 3.05) is 0 Å². The van der Waals surface area contributed by atoms with Gasteiger partial charge in [0.1, 0.15) is 5.60 Å². The zero-order chi connectivity index (χ0) is 21.3.